The predicted octanol–water partition coefficient (Wildman–Crippen LogP) is 1.77. The zero-order valence-corrected chi connectivity index (χ0v) is 8.68. The van der Waals surface area contributed by atoms with Gasteiger partial charge in [-0.1, -0.05) is 11.3 Å². The van der Waals surface area contributed by atoms with E-state index < -0.39 is 6.09 Å². The lowest BCUT2D eigenvalue weighted by atomic mass is 10.3. The Morgan fingerprint density at radius 1 is 1.53 bits per heavy atom. The van der Waals surface area contributed by atoms with Crippen LogP contribution in [0.1, 0.15) is 0 Å². The predicted molar refractivity (Wildman–Crippen MR) is 58.5 cm³/mol. The van der Waals surface area contributed by atoms with Crippen molar-refractivity contribution in [3.63, 3.8) is 0 Å². The number of benzene rings is 1. The molecule has 0 fully saturated rings. The molecule has 0 bridgehead atoms. The van der Waals surface area contributed by atoms with Crippen LogP contribution < -0.4 is 10.2 Å². The van der Waals surface area contributed by atoms with Crippen molar-refractivity contribution in [3.8, 4) is 0 Å². The number of aromatic amines is 1. The Bertz CT molecular complexity index is 558. The van der Waals surface area contributed by atoms with Gasteiger partial charge in [0.1, 0.15) is 0 Å². The van der Waals surface area contributed by atoms with Gasteiger partial charge in [0.25, 0.3) is 0 Å². The highest BCUT2D eigenvalue weighted by atomic mass is 32.1. The second-order valence-corrected chi connectivity index (χ2v) is 3.86. The van der Waals surface area contributed by atoms with Gasteiger partial charge in [-0.15, -0.1) is 0 Å². The Morgan fingerprint density at radius 3 is 3.07 bits per heavy atom. The summed E-state index contributed by atoms with van der Waals surface area (Å²) in [6.07, 6.45) is -0.530. The summed E-state index contributed by atoms with van der Waals surface area (Å²) in [5, 5.41) is 2.52. The molecule has 0 atom stereocenters. The number of methoxy groups -OCH3 is 1. The molecule has 0 radical (unpaired) electrons. The molecule has 0 aliphatic carbocycles. The number of carbonyl (C=O) groups excluding carboxylic acids is 1. The number of ether oxygens (including phenoxy) is 1. The average Bonchev–Trinajstić information content (AvgIpc) is 2.57. The van der Waals surface area contributed by atoms with Crippen LogP contribution in [0, 0.1) is 0 Å². The summed E-state index contributed by atoms with van der Waals surface area (Å²) in [7, 11) is 1.29. The van der Waals surface area contributed by atoms with Gasteiger partial charge in [-0.2, -0.15) is 0 Å². The molecule has 0 spiro atoms. The number of fused-ring (bicyclic) bond motifs is 1. The zero-order valence-electron chi connectivity index (χ0n) is 7.87. The molecule has 1 heterocycles. The molecule has 5 nitrogen and oxygen atoms in total. The second-order valence-electron chi connectivity index (χ2n) is 2.84. The lowest BCUT2D eigenvalue weighted by Crippen LogP contribution is -2.10. The van der Waals surface area contributed by atoms with E-state index in [1.807, 2.05) is 0 Å². The molecular formula is C9H8N2O3S. The Balaban J connectivity index is 2.38. The van der Waals surface area contributed by atoms with Crippen molar-refractivity contribution in [1.29, 1.82) is 0 Å². The number of amides is 1. The van der Waals surface area contributed by atoms with E-state index in [9.17, 15) is 9.59 Å². The van der Waals surface area contributed by atoms with E-state index in [4.69, 9.17) is 0 Å². The fourth-order valence-electron chi connectivity index (χ4n) is 1.19. The van der Waals surface area contributed by atoms with Crippen molar-refractivity contribution in [2.24, 2.45) is 0 Å². The number of rotatable bonds is 1. The first-order valence-electron chi connectivity index (χ1n) is 4.17. The summed E-state index contributed by atoms with van der Waals surface area (Å²) >= 11 is 1.10. The third kappa shape index (κ3) is 1.99. The van der Waals surface area contributed by atoms with Gasteiger partial charge in [0, 0.05) is 5.69 Å². The van der Waals surface area contributed by atoms with Crippen molar-refractivity contribution in [1.82, 2.24) is 4.98 Å². The SMILES string of the molecule is COC(=O)Nc1ccc2[nH]c(=O)sc2c1. The quantitative estimate of drug-likeness (QED) is 0.775. The summed E-state index contributed by atoms with van der Waals surface area (Å²) < 4.78 is 5.26. The van der Waals surface area contributed by atoms with Crippen molar-refractivity contribution < 1.29 is 9.53 Å². The molecule has 2 rings (SSSR count). The number of hydrogen-bond acceptors (Lipinski definition) is 4. The normalized spacial score (nSPS) is 10.2. The summed E-state index contributed by atoms with van der Waals surface area (Å²) in [5.41, 5.74) is 1.37. The van der Waals surface area contributed by atoms with Gasteiger partial charge in [-0.3, -0.25) is 10.1 Å². The summed E-state index contributed by atoms with van der Waals surface area (Å²) in [5.74, 6) is 0. The number of aromatic nitrogens is 1. The summed E-state index contributed by atoms with van der Waals surface area (Å²) in [6.45, 7) is 0. The smallest absolute Gasteiger partial charge is 0.411 e. The van der Waals surface area contributed by atoms with Crippen LogP contribution in [0.2, 0.25) is 0 Å². The van der Waals surface area contributed by atoms with Gasteiger partial charge in [-0.25, -0.2) is 4.79 Å². The Morgan fingerprint density at radius 2 is 2.33 bits per heavy atom. The molecule has 78 valence electrons. The van der Waals surface area contributed by atoms with Gasteiger partial charge in [0.15, 0.2) is 0 Å². The lowest BCUT2D eigenvalue weighted by molar-refractivity contribution is 0.187. The highest BCUT2D eigenvalue weighted by molar-refractivity contribution is 7.16. The minimum atomic E-state index is -0.530. The maximum absolute atomic E-state index is 11.0. The standard InChI is InChI=1S/C9H8N2O3S/c1-14-8(12)10-5-2-3-6-7(4-5)15-9(13)11-6/h2-4H,1H3,(H,10,12)(H,11,13). The fraction of sp³-hybridized carbons (Fsp3) is 0.111. The molecule has 0 aliphatic heterocycles. The molecule has 0 aliphatic rings. The second kappa shape index (κ2) is 3.74. The Labute approximate surface area is 88.7 Å². The lowest BCUT2D eigenvalue weighted by Gasteiger charge is -2.02. The number of hydrogen-bond donors (Lipinski definition) is 2. The van der Waals surface area contributed by atoms with Crippen LogP contribution in [-0.4, -0.2) is 18.2 Å². The Hall–Kier alpha value is -1.82. The van der Waals surface area contributed by atoms with Crippen molar-refractivity contribution in [2.75, 3.05) is 12.4 Å². The average molecular weight is 224 g/mol. The molecule has 6 heteroatoms. The first-order chi connectivity index (χ1) is 7.19. The van der Waals surface area contributed by atoms with Crippen molar-refractivity contribution >= 4 is 33.3 Å². The third-order valence-corrected chi connectivity index (χ3v) is 2.70. The summed E-state index contributed by atoms with van der Waals surface area (Å²) in [6, 6.07) is 5.15. The van der Waals surface area contributed by atoms with Crippen LogP contribution in [0.15, 0.2) is 23.0 Å². The molecule has 0 saturated heterocycles. The van der Waals surface area contributed by atoms with Crippen LogP contribution in [0.25, 0.3) is 10.2 Å². The highest BCUT2D eigenvalue weighted by Gasteiger charge is 2.03. The van der Waals surface area contributed by atoms with E-state index in [2.05, 4.69) is 15.0 Å². The topological polar surface area (TPSA) is 71.2 Å². The van der Waals surface area contributed by atoms with Crippen LogP contribution >= 0.6 is 11.3 Å². The number of anilines is 1. The molecule has 0 unspecified atom stereocenters. The highest BCUT2D eigenvalue weighted by Crippen LogP contribution is 2.19. The molecule has 2 N–H and O–H groups in total. The van der Waals surface area contributed by atoms with Gasteiger partial charge in [0.05, 0.1) is 17.3 Å². The first kappa shape index (κ1) is 9.72. The monoisotopic (exact) mass is 224 g/mol. The van der Waals surface area contributed by atoms with E-state index in [1.165, 1.54) is 7.11 Å². The number of thiazole rings is 1. The zero-order chi connectivity index (χ0) is 10.8. The van der Waals surface area contributed by atoms with E-state index in [-0.39, 0.29) is 4.87 Å². The van der Waals surface area contributed by atoms with E-state index >= 15 is 0 Å². The Kier molecular flexibility index (Phi) is 2.42. The van der Waals surface area contributed by atoms with Gasteiger partial charge < -0.3 is 9.72 Å². The van der Waals surface area contributed by atoms with Gasteiger partial charge in [0.2, 0.25) is 0 Å². The fourth-order valence-corrected chi connectivity index (χ4v) is 1.97. The molecular weight excluding hydrogens is 216 g/mol. The molecule has 15 heavy (non-hydrogen) atoms. The molecule has 1 aromatic heterocycles. The van der Waals surface area contributed by atoms with Gasteiger partial charge in [-0.05, 0) is 18.2 Å². The van der Waals surface area contributed by atoms with E-state index in [0.717, 1.165) is 21.6 Å². The molecule has 0 saturated carbocycles. The summed E-state index contributed by atoms with van der Waals surface area (Å²) in [4.78, 5) is 24.5. The van der Waals surface area contributed by atoms with Crippen molar-refractivity contribution in [2.45, 2.75) is 0 Å². The largest absolute Gasteiger partial charge is 0.453 e. The number of carbonyl (C=O) groups is 1. The van der Waals surface area contributed by atoms with Crippen molar-refractivity contribution in [3.05, 3.63) is 27.9 Å². The third-order valence-electron chi connectivity index (χ3n) is 1.85. The van der Waals surface area contributed by atoms with E-state index in [0.29, 0.717) is 5.69 Å². The van der Waals surface area contributed by atoms with Crippen LogP contribution in [0.5, 0.6) is 0 Å². The van der Waals surface area contributed by atoms with Crippen LogP contribution in [0.3, 0.4) is 0 Å². The minimum absolute atomic E-state index is 0.111. The minimum Gasteiger partial charge on any atom is -0.453 e. The molecule has 1 aromatic carbocycles. The molecule has 2 aromatic rings. The molecule has 1 amide bonds. The van der Waals surface area contributed by atoms with E-state index in [1.54, 1.807) is 18.2 Å². The number of nitrogens with one attached hydrogen (secondary N) is 2. The van der Waals surface area contributed by atoms with Gasteiger partial charge >= 0.3 is 11.0 Å². The van der Waals surface area contributed by atoms with Crippen LogP contribution in [0.4, 0.5) is 10.5 Å². The first-order valence-corrected chi connectivity index (χ1v) is 4.98. The maximum Gasteiger partial charge on any atom is 0.411 e. The number of H-pyrrole nitrogens is 1. The maximum atomic E-state index is 11.0. The van der Waals surface area contributed by atoms with Crippen LogP contribution in [-0.2, 0) is 4.74 Å².